The maximum atomic E-state index is 6.29. The van der Waals surface area contributed by atoms with Crippen molar-refractivity contribution in [1.82, 2.24) is 5.32 Å². The summed E-state index contributed by atoms with van der Waals surface area (Å²) < 4.78 is 6.29. The van der Waals surface area contributed by atoms with Crippen molar-refractivity contribution in [2.24, 2.45) is 11.8 Å². The second-order valence-corrected chi connectivity index (χ2v) is 8.20. The molecule has 2 saturated heterocycles. The molecule has 3 heteroatoms. The van der Waals surface area contributed by atoms with Gasteiger partial charge in [-0.3, -0.25) is 0 Å². The molecule has 2 aliphatic heterocycles. The highest BCUT2D eigenvalue weighted by atomic mass is 32.2. The first-order chi connectivity index (χ1) is 9.83. The van der Waals surface area contributed by atoms with E-state index < -0.39 is 0 Å². The molecule has 0 radical (unpaired) electrons. The van der Waals surface area contributed by atoms with Crippen LogP contribution in [-0.4, -0.2) is 36.3 Å². The Balaban J connectivity index is 1.66. The minimum Gasteiger partial charge on any atom is -0.375 e. The molecule has 2 nitrogen and oxygen atoms in total. The summed E-state index contributed by atoms with van der Waals surface area (Å²) in [6.07, 6.45) is 10.9. The lowest BCUT2D eigenvalue weighted by Crippen LogP contribution is -2.50. The molecule has 116 valence electrons. The highest BCUT2D eigenvalue weighted by molar-refractivity contribution is 7.99. The van der Waals surface area contributed by atoms with Gasteiger partial charge in [0.15, 0.2) is 0 Å². The molecule has 3 fully saturated rings. The number of nitrogens with one attached hydrogen (secondary N) is 1. The van der Waals surface area contributed by atoms with Gasteiger partial charge in [0.25, 0.3) is 0 Å². The van der Waals surface area contributed by atoms with E-state index in [1.54, 1.807) is 0 Å². The fourth-order valence-corrected chi connectivity index (χ4v) is 6.02. The van der Waals surface area contributed by atoms with Crippen LogP contribution in [0.2, 0.25) is 0 Å². The molecule has 1 aliphatic carbocycles. The van der Waals surface area contributed by atoms with E-state index >= 15 is 0 Å². The van der Waals surface area contributed by atoms with E-state index in [2.05, 4.69) is 24.0 Å². The minimum absolute atomic E-state index is 0.264. The average molecular weight is 298 g/mol. The van der Waals surface area contributed by atoms with Gasteiger partial charge < -0.3 is 10.1 Å². The van der Waals surface area contributed by atoms with Crippen LogP contribution in [0.3, 0.4) is 0 Å². The van der Waals surface area contributed by atoms with Gasteiger partial charge in [-0.1, -0.05) is 26.2 Å². The number of thioether (sulfide) groups is 1. The van der Waals surface area contributed by atoms with Crippen molar-refractivity contribution in [3.05, 3.63) is 0 Å². The molecule has 3 aliphatic rings. The van der Waals surface area contributed by atoms with Crippen LogP contribution in [0.1, 0.15) is 58.3 Å². The smallest absolute Gasteiger partial charge is 0.0685 e. The second-order valence-electron chi connectivity index (χ2n) is 7.05. The largest absolute Gasteiger partial charge is 0.375 e. The monoisotopic (exact) mass is 297 g/mol. The van der Waals surface area contributed by atoms with Crippen LogP contribution in [0.15, 0.2) is 0 Å². The highest BCUT2D eigenvalue weighted by Gasteiger charge is 2.42. The molecule has 1 N–H and O–H groups in total. The summed E-state index contributed by atoms with van der Waals surface area (Å²) >= 11 is 2.16. The molecular formula is C17H31NOS. The number of rotatable bonds is 4. The third kappa shape index (κ3) is 3.36. The summed E-state index contributed by atoms with van der Waals surface area (Å²) in [5.74, 6) is 4.51. The van der Waals surface area contributed by atoms with Gasteiger partial charge in [-0.05, 0) is 62.0 Å². The summed E-state index contributed by atoms with van der Waals surface area (Å²) in [6.45, 7) is 4.40. The lowest BCUT2D eigenvalue weighted by molar-refractivity contribution is -0.123. The van der Waals surface area contributed by atoms with Crippen LogP contribution in [0, 0.1) is 11.8 Å². The topological polar surface area (TPSA) is 21.3 Å². The molecule has 0 bridgehead atoms. The zero-order valence-electron chi connectivity index (χ0n) is 13.0. The molecule has 0 aromatic rings. The SMILES string of the molecule is CCNC(C1CCSC1)C1CCOC2(CCCCC2)C1. The Bertz CT molecular complexity index is 292. The van der Waals surface area contributed by atoms with E-state index in [0.717, 1.165) is 31.0 Å². The van der Waals surface area contributed by atoms with E-state index in [9.17, 15) is 0 Å². The molecule has 1 saturated carbocycles. The number of hydrogen-bond acceptors (Lipinski definition) is 3. The van der Waals surface area contributed by atoms with Crippen LogP contribution in [0.25, 0.3) is 0 Å². The maximum absolute atomic E-state index is 6.29. The van der Waals surface area contributed by atoms with Crippen molar-refractivity contribution in [1.29, 1.82) is 0 Å². The van der Waals surface area contributed by atoms with Crippen LogP contribution >= 0.6 is 11.8 Å². The van der Waals surface area contributed by atoms with Crippen molar-refractivity contribution in [2.45, 2.75) is 69.9 Å². The van der Waals surface area contributed by atoms with Gasteiger partial charge in [0, 0.05) is 12.6 Å². The Labute approximate surface area is 128 Å². The first kappa shape index (κ1) is 15.2. The van der Waals surface area contributed by atoms with Gasteiger partial charge in [-0.15, -0.1) is 0 Å². The molecule has 3 atom stereocenters. The quantitative estimate of drug-likeness (QED) is 0.851. The maximum Gasteiger partial charge on any atom is 0.0685 e. The summed E-state index contributed by atoms with van der Waals surface area (Å²) in [7, 11) is 0. The molecule has 0 aromatic carbocycles. The molecule has 3 rings (SSSR count). The summed E-state index contributed by atoms with van der Waals surface area (Å²) in [4.78, 5) is 0. The fourth-order valence-electron chi connectivity index (χ4n) is 4.71. The number of ether oxygens (including phenoxy) is 1. The number of hydrogen-bond donors (Lipinski definition) is 1. The van der Waals surface area contributed by atoms with E-state index in [4.69, 9.17) is 4.74 Å². The van der Waals surface area contributed by atoms with Crippen molar-refractivity contribution in [3.63, 3.8) is 0 Å². The van der Waals surface area contributed by atoms with E-state index in [1.165, 1.54) is 62.9 Å². The standard InChI is InChI=1S/C17H31NOS/c1-2-18-16(15-7-11-20-13-15)14-6-10-19-17(12-14)8-4-3-5-9-17/h14-16,18H,2-13H2,1H3. The normalized spacial score (nSPS) is 35.2. The van der Waals surface area contributed by atoms with E-state index in [0.29, 0.717) is 0 Å². The molecule has 3 unspecified atom stereocenters. The predicted molar refractivity (Wildman–Crippen MR) is 87.4 cm³/mol. The van der Waals surface area contributed by atoms with Crippen molar-refractivity contribution in [2.75, 3.05) is 24.7 Å². The van der Waals surface area contributed by atoms with Crippen LogP contribution in [-0.2, 0) is 4.74 Å². The Morgan fingerprint density at radius 3 is 2.75 bits per heavy atom. The first-order valence-corrected chi connectivity index (χ1v) is 9.93. The molecule has 0 amide bonds. The minimum atomic E-state index is 0.264. The third-order valence-corrected chi connectivity index (χ3v) is 6.90. The Morgan fingerprint density at radius 2 is 2.05 bits per heavy atom. The fraction of sp³-hybridized carbons (Fsp3) is 1.00. The lowest BCUT2D eigenvalue weighted by Gasteiger charge is -2.46. The van der Waals surface area contributed by atoms with E-state index in [1.807, 2.05) is 0 Å². The summed E-state index contributed by atoms with van der Waals surface area (Å²) in [5.41, 5.74) is 0.264. The van der Waals surface area contributed by atoms with E-state index in [-0.39, 0.29) is 5.60 Å². The zero-order chi connectivity index (χ0) is 13.8. The third-order valence-electron chi connectivity index (χ3n) is 5.72. The Morgan fingerprint density at radius 1 is 1.20 bits per heavy atom. The van der Waals surface area contributed by atoms with Crippen LogP contribution < -0.4 is 5.32 Å². The predicted octanol–water partition coefficient (Wildman–Crippen LogP) is 3.85. The average Bonchev–Trinajstić information content (AvgIpc) is 2.99. The van der Waals surface area contributed by atoms with Crippen molar-refractivity contribution >= 4 is 11.8 Å². The van der Waals surface area contributed by atoms with Gasteiger partial charge in [0.1, 0.15) is 0 Å². The molecule has 2 heterocycles. The molecule has 20 heavy (non-hydrogen) atoms. The van der Waals surface area contributed by atoms with Gasteiger partial charge in [0.05, 0.1) is 5.60 Å². The molecular weight excluding hydrogens is 266 g/mol. The summed E-state index contributed by atoms with van der Waals surface area (Å²) in [6, 6.07) is 0.748. The van der Waals surface area contributed by atoms with Crippen LogP contribution in [0.5, 0.6) is 0 Å². The Kier molecular flexibility index (Phi) is 5.33. The van der Waals surface area contributed by atoms with Crippen molar-refractivity contribution in [3.8, 4) is 0 Å². The highest BCUT2D eigenvalue weighted by Crippen LogP contribution is 2.43. The zero-order valence-corrected chi connectivity index (χ0v) is 13.9. The lowest BCUT2D eigenvalue weighted by atomic mass is 9.72. The van der Waals surface area contributed by atoms with Gasteiger partial charge in [-0.25, -0.2) is 0 Å². The van der Waals surface area contributed by atoms with Gasteiger partial charge >= 0.3 is 0 Å². The molecule has 1 spiro atoms. The van der Waals surface area contributed by atoms with Crippen molar-refractivity contribution < 1.29 is 4.74 Å². The first-order valence-electron chi connectivity index (χ1n) is 8.78. The van der Waals surface area contributed by atoms with Crippen LogP contribution in [0.4, 0.5) is 0 Å². The molecule has 0 aromatic heterocycles. The second kappa shape index (κ2) is 7.02. The van der Waals surface area contributed by atoms with Gasteiger partial charge in [0.2, 0.25) is 0 Å². The van der Waals surface area contributed by atoms with Gasteiger partial charge in [-0.2, -0.15) is 11.8 Å². The Hall–Kier alpha value is 0.270. The summed E-state index contributed by atoms with van der Waals surface area (Å²) in [5, 5.41) is 3.85.